The van der Waals surface area contributed by atoms with Crippen LogP contribution in [0, 0.1) is 5.41 Å². The van der Waals surface area contributed by atoms with Gasteiger partial charge >= 0.3 is 5.97 Å². The van der Waals surface area contributed by atoms with Gasteiger partial charge in [-0.2, -0.15) is 0 Å². The molecule has 98 valence electrons. The van der Waals surface area contributed by atoms with Crippen LogP contribution in [0.2, 0.25) is 0 Å². The van der Waals surface area contributed by atoms with Crippen LogP contribution < -0.4 is 5.32 Å². The third-order valence-corrected chi connectivity index (χ3v) is 3.88. The van der Waals surface area contributed by atoms with Crippen LogP contribution >= 0.6 is 0 Å². The molecule has 0 aromatic heterocycles. The number of benzene rings is 1. The van der Waals surface area contributed by atoms with Crippen molar-refractivity contribution in [3.05, 3.63) is 35.9 Å². The quantitative estimate of drug-likeness (QED) is 0.831. The lowest BCUT2D eigenvalue weighted by Gasteiger charge is -2.34. The van der Waals surface area contributed by atoms with E-state index in [1.54, 1.807) is 0 Å². The van der Waals surface area contributed by atoms with E-state index in [0.717, 1.165) is 37.9 Å². The van der Waals surface area contributed by atoms with Gasteiger partial charge in [-0.3, -0.25) is 4.79 Å². The zero-order valence-corrected chi connectivity index (χ0v) is 10.9. The van der Waals surface area contributed by atoms with E-state index in [4.69, 9.17) is 4.74 Å². The molecule has 0 aliphatic carbocycles. The molecule has 3 heteroatoms. The van der Waals surface area contributed by atoms with Gasteiger partial charge in [-0.15, -0.1) is 0 Å². The maximum absolute atomic E-state index is 12.3. The first kappa shape index (κ1) is 13.1. The summed E-state index contributed by atoms with van der Waals surface area (Å²) in [4.78, 5) is 12.3. The number of esters is 1. The number of hydrogen-bond donors (Lipinski definition) is 1. The summed E-state index contributed by atoms with van der Waals surface area (Å²) >= 11 is 0. The third-order valence-electron chi connectivity index (χ3n) is 3.88. The van der Waals surface area contributed by atoms with Crippen LogP contribution in [0.15, 0.2) is 30.3 Å². The molecular formula is C15H21NO2. The Morgan fingerprint density at radius 1 is 1.28 bits per heavy atom. The Bertz CT molecular complexity index is 383. The zero-order chi connectivity index (χ0) is 12.8. The Labute approximate surface area is 109 Å². The summed E-state index contributed by atoms with van der Waals surface area (Å²) in [6, 6.07) is 9.85. The summed E-state index contributed by atoms with van der Waals surface area (Å²) in [6.07, 6.45) is 2.64. The fourth-order valence-electron chi connectivity index (χ4n) is 2.48. The largest absolute Gasteiger partial charge is 0.460 e. The summed E-state index contributed by atoms with van der Waals surface area (Å²) in [5.74, 6) is -0.0321. The monoisotopic (exact) mass is 247 g/mol. The lowest BCUT2D eigenvalue weighted by Crippen LogP contribution is -2.42. The lowest BCUT2D eigenvalue weighted by atomic mass is 9.77. The molecule has 1 heterocycles. The molecule has 2 rings (SSSR count). The van der Waals surface area contributed by atoms with Crippen molar-refractivity contribution in [3.8, 4) is 0 Å². The number of piperidine rings is 1. The Hall–Kier alpha value is -1.35. The summed E-state index contributed by atoms with van der Waals surface area (Å²) in [6.45, 7) is 4.28. The van der Waals surface area contributed by atoms with Crippen LogP contribution in [-0.4, -0.2) is 19.1 Å². The molecule has 0 unspecified atom stereocenters. The van der Waals surface area contributed by atoms with Crippen molar-refractivity contribution in [2.45, 2.75) is 32.8 Å². The number of ether oxygens (including phenoxy) is 1. The Morgan fingerprint density at radius 3 is 2.56 bits per heavy atom. The van der Waals surface area contributed by atoms with Crippen molar-refractivity contribution < 1.29 is 9.53 Å². The smallest absolute Gasteiger partial charge is 0.312 e. The van der Waals surface area contributed by atoms with Gasteiger partial charge in [0.05, 0.1) is 5.41 Å². The van der Waals surface area contributed by atoms with Crippen molar-refractivity contribution in [2.24, 2.45) is 5.41 Å². The van der Waals surface area contributed by atoms with E-state index in [2.05, 4.69) is 12.2 Å². The molecule has 0 saturated carbocycles. The highest BCUT2D eigenvalue weighted by atomic mass is 16.5. The Balaban J connectivity index is 1.94. The van der Waals surface area contributed by atoms with Gasteiger partial charge in [0.1, 0.15) is 6.61 Å². The number of rotatable bonds is 4. The Morgan fingerprint density at radius 2 is 1.94 bits per heavy atom. The first-order valence-electron chi connectivity index (χ1n) is 6.69. The van der Waals surface area contributed by atoms with Crippen molar-refractivity contribution in [2.75, 3.05) is 13.1 Å². The second-order valence-electron chi connectivity index (χ2n) is 4.95. The fraction of sp³-hybridized carbons (Fsp3) is 0.533. The van der Waals surface area contributed by atoms with Gasteiger partial charge in [0.25, 0.3) is 0 Å². The predicted octanol–water partition coefficient (Wildman–Crippen LogP) is 2.51. The highest BCUT2D eigenvalue weighted by Crippen LogP contribution is 2.34. The van der Waals surface area contributed by atoms with Crippen LogP contribution in [0.4, 0.5) is 0 Å². The zero-order valence-electron chi connectivity index (χ0n) is 10.9. The molecule has 1 N–H and O–H groups in total. The number of hydrogen-bond acceptors (Lipinski definition) is 3. The molecule has 1 aliphatic heterocycles. The number of nitrogens with one attached hydrogen (secondary N) is 1. The molecule has 1 aromatic rings. The highest BCUT2D eigenvalue weighted by Gasteiger charge is 2.39. The van der Waals surface area contributed by atoms with Gasteiger partial charge < -0.3 is 10.1 Å². The van der Waals surface area contributed by atoms with Gasteiger partial charge in [0.15, 0.2) is 0 Å². The van der Waals surface area contributed by atoms with Crippen LogP contribution in [0.25, 0.3) is 0 Å². The molecule has 18 heavy (non-hydrogen) atoms. The Kier molecular flexibility index (Phi) is 4.37. The molecule has 1 aliphatic rings. The summed E-state index contributed by atoms with van der Waals surface area (Å²) < 4.78 is 5.50. The molecule has 0 spiro atoms. The highest BCUT2D eigenvalue weighted by molar-refractivity contribution is 5.77. The first-order chi connectivity index (χ1) is 8.77. The molecule has 0 radical (unpaired) electrons. The molecule has 1 saturated heterocycles. The van der Waals surface area contributed by atoms with Gasteiger partial charge in [-0.1, -0.05) is 37.3 Å². The van der Waals surface area contributed by atoms with Crippen molar-refractivity contribution in [1.82, 2.24) is 5.32 Å². The van der Waals surface area contributed by atoms with Crippen LogP contribution in [0.1, 0.15) is 31.7 Å². The molecule has 3 nitrogen and oxygen atoms in total. The standard InChI is InChI=1S/C15H21NO2/c1-2-15(8-10-16-11-9-15)14(17)18-12-13-6-4-3-5-7-13/h3-7,16H,2,8-12H2,1H3. The van der Waals surface area contributed by atoms with Crippen molar-refractivity contribution >= 4 is 5.97 Å². The minimum atomic E-state index is -0.264. The second kappa shape index (κ2) is 6.01. The minimum Gasteiger partial charge on any atom is -0.460 e. The maximum atomic E-state index is 12.3. The SMILES string of the molecule is CCC1(C(=O)OCc2ccccc2)CCNCC1. The number of carbonyl (C=O) groups excluding carboxylic acids is 1. The van der Waals surface area contributed by atoms with Crippen LogP contribution in [-0.2, 0) is 16.1 Å². The third kappa shape index (κ3) is 2.91. The molecule has 1 aromatic carbocycles. The van der Waals surface area contributed by atoms with Gasteiger partial charge in [0.2, 0.25) is 0 Å². The molecular weight excluding hydrogens is 226 g/mol. The van der Waals surface area contributed by atoms with E-state index in [9.17, 15) is 4.79 Å². The predicted molar refractivity (Wildman–Crippen MR) is 71.1 cm³/mol. The van der Waals surface area contributed by atoms with E-state index in [1.807, 2.05) is 30.3 Å². The summed E-state index contributed by atoms with van der Waals surface area (Å²) in [7, 11) is 0. The fourth-order valence-corrected chi connectivity index (χ4v) is 2.48. The normalized spacial score (nSPS) is 18.3. The van der Waals surface area contributed by atoms with Crippen LogP contribution in [0.5, 0.6) is 0 Å². The molecule has 0 bridgehead atoms. The summed E-state index contributed by atoms with van der Waals surface area (Å²) in [5, 5.41) is 3.29. The minimum absolute atomic E-state index is 0.0321. The van der Waals surface area contributed by atoms with E-state index in [-0.39, 0.29) is 11.4 Å². The molecule has 1 fully saturated rings. The first-order valence-corrected chi connectivity index (χ1v) is 6.69. The van der Waals surface area contributed by atoms with Crippen LogP contribution in [0.3, 0.4) is 0 Å². The second-order valence-corrected chi connectivity index (χ2v) is 4.95. The topological polar surface area (TPSA) is 38.3 Å². The van der Waals surface area contributed by atoms with Gasteiger partial charge in [0, 0.05) is 0 Å². The van der Waals surface area contributed by atoms with Crippen molar-refractivity contribution in [3.63, 3.8) is 0 Å². The lowest BCUT2D eigenvalue weighted by molar-refractivity contribution is -0.159. The molecule has 0 amide bonds. The van der Waals surface area contributed by atoms with E-state index >= 15 is 0 Å². The van der Waals surface area contributed by atoms with E-state index in [1.165, 1.54) is 0 Å². The van der Waals surface area contributed by atoms with Gasteiger partial charge in [-0.05, 0) is 37.9 Å². The van der Waals surface area contributed by atoms with Gasteiger partial charge in [-0.25, -0.2) is 0 Å². The molecule has 0 atom stereocenters. The van der Waals surface area contributed by atoms with E-state index in [0.29, 0.717) is 6.61 Å². The maximum Gasteiger partial charge on any atom is 0.312 e. The van der Waals surface area contributed by atoms with E-state index < -0.39 is 0 Å². The van der Waals surface area contributed by atoms with Crippen molar-refractivity contribution in [1.29, 1.82) is 0 Å². The average molecular weight is 247 g/mol. The average Bonchev–Trinajstić information content (AvgIpc) is 2.46. The summed E-state index contributed by atoms with van der Waals surface area (Å²) in [5.41, 5.74) is 0.783. The number of carbonyl (C=O) groups is 1.